The number of pyridine rings is 1. The molecule has 1 aromatic heterocycles. The Morgan fingerprint density at radius 3 is 2.80 bits per heavy atom. The van der Waals surface area contributed by atoms with Crippen LogP contribution in [0.4, 0.5) is 0 Å². The Morgan fingerprint density at radius 1 is 1.30 bits per heavy atom. The molecule has 0 saturated heterocycles. The summed E-state index contributed by atoms with van der Waals surface area (Å²) in [6, 6.07) is 11.0. The highest BCUT2D eigenvalue weighted by atomic mass is 79.9. The summed E-state index contributed by atoms with van der Waals surface area (Å²) < 4.78 is 4.55. The molecule has 104 valence electrons. The van der Waals surface area contributed by atoms with Crippen LogP contribution in [0.5, 0.6) is 0 Å². The molecule has 1 aromatic carbocycles. The van der Waals surface area contributed by atoms with Gasteiger partial charge in [-0.2, -0.15) is 0 Å². The van der Waals surface area contributed by atoms with Crippen molar-refractivity contribution < 1.29 is 14.3 Å². The molecule has 1 unspecified atom stereocenters. The number of nitrogens with one attached hydrogen (secondary N) is 1. The van der Waals surface area contributed by atoms with Crippen LogP contribution >= 0.6 is 15.9 Å². The van der Waals surface area contributed by atoms with Crippen LogP contribution in [-0.4, -0.2) is 35.3 Å². The van der Waals surface area contributed by atoms with Gasteiger partial charge in [0.1, 0.15) is 10.5 Å². The van der Waals surface area contributed by atoms with E-state index in [9.17, 15) is 9.59 Å². The van der Waals surface area contributed by atoms with E-state index in [-0.39, 0.29) is 12.5 Å². The molecule has 0 aliphatic carbocycles. The van der Waals surface area contributed by atoms with Crippen LogP contribution < -0.4 is 5.32 Å². The third-order valence-corrected chi connectivity index (χ3v) is 3.43. The largest absolute Gasteiger partial charge is 0.468 e. The number of halogens is 1. The summed E-state index contributed by atoms with van der Waals surface area (Å²) in [6.45, 7) is 0.139. The summed E-state index contributed by atoms with van der Waals surface area (Å²) in [4.78, 5) is 26.9. The zero-order valence-corrected chi connectivity index (χ0v) is 12.4. The van der Waals surface area contributed by atoms with Crippen molar-refractivity contribution in [3.63, 3.8) is 0 Å². The first-order valence-electron chi connectivity index (χ1n) is 5.97. The Bertz CT molecular complexity index is 645. The summed E-state index contributed by atoms with van der Waals surface area (Å²) in [5.74, 6) is -0.763. The molecule has 0 aliphatic heterocycles. The first-order chi connectivity index (χ1) is 9.61. The zero-order chi connectivity index (χ0) is 14.5. The Morgan fingerprint density at radius 2 is 2.05 bits per heavy atom. The summed E-state index contributed by atoms with van der Waals surface area (Å²) in [5, 5.41) is 3.60. The third-order valence-electron chi connectivity index (χ3n) is 2.73. The van der Waals surface area contributed by atoms with Gasteiger partial charge in [-0.1, -0.05) is 40.2 Å². The fourth-order valence-electron chi connectivity index (χ4n) is 1.68. The average molecular weight is 337 g/mol. The van der Waals surface area contributed by atoms with Crippen molar-refractivity contribution in [3.05, 3.63) is 42.1 Å². The van der Waals surface area contributed by atoms with E-state index >= 15 is 0 Å². The van der Waals surface area contributed by atoms with Crippen LogP contribution in [0, 0.1) is 0 Å². The van der Waals surface area contributed by atoms with Crippen molar-refractivity contribution >= 4 is 38.7 Å². The first kappa shape index (κ1) is 14.5. The van der Waals surface area contributed by atoms with Crippen LogP contribution in [0.1, 0.15) is 10.5 Å². The molecule has 0 saturated carbocycles. The van der Waals surface area contributed by atoms with Crippen LogP contribution in [0.25, 0.3) is 10.9 Å². The Hall–Kier alpha value is -1.95. The number of para-hydroxylation sites is 1. The maximum atomic E-state index is 12.0. The molecule has 6 heteroatoms. The molecule has 1 atom stereocenters. The number of carbonyl (C=O) groups is 2. The minimum atomic E-state index is -0.572. The van der Waals surface area contributed by atoms with Crippen LogP contribution in [0.2, 0.25) is 0 Å². The molecule has 2 rings (SSSR count). The highest BCUT2D eigenvalue weighted by Gasteiger charge is 2.17. The first-order valence-corrected chi connectivity index (χ1v) is 6.89. The maximum absolute atomic E-state index is 12.0. The van der Waals surface area contributed by atoms with Gasteiger partial charge in [-0.3, -0.25) is 9.59 Å². The van der Waals surface area contributed by atoms with E-state index in [4.69, 9.17) is 0 Å². The quantitative estimate of drug-likeness (QED) is 0.684. The Labute approximate surface area is 124 Å². The van der Waals surface area contributed by atoms with Crippen molar-refractivity contribution in [2.24, 2.45) is 0 Å². The van der Waals surface area contributed by atoms with E-state index in [0.717, 1.165) is 10.9 Å². The molecule has 0 aliphatic rings. The molecule has 0 spiro atoms. The number of aromatic nitrogens is 1. The molecule has 1 N–H and O–H groups in total. The predicted molar refractivity (Wildman–Crippen MR) is 78.8 cm³/mol. The van der Waals surface area contributed by atoms with Gasteiger partial charge in [0.15, 0.2) is 0 Å². The fourth-order valence-corrected chi connectivity index (χ4v) is 2.03. The van der Waals surface area contributed by atoms with Gasteiger partial charge in [0, 0.05) is 11.9 Å². The number of carbonyl (C=O) groups excluding carboxylic acids is 2. The molecule has 0 radical (unpaired) electrons. The van der Waals surface area contributed by atoms with Crippen molar-refractivity contribution in [1.29, 1.82) is 0 Å². The van der Waals surface area contributed by atoms with Gasteiger partial charge in [-0.15, -0.1) is 0 Å². The van der Waals surface area contributed by atoms with Gasteiger partial charge in [-0.25, -0.2) is 4.98 Å². The van der Waals surface area contributed by atoms with Crippen LogP contribution in [-0.2, 0) is 9.53 Å². The van der Waals surface area contributed by atoms with E-state index in [2.05, 4.69) is 31.0 Å². The van der Waals surface area contributed by atoms with E-state index in [1.54, 1.807) is 6.07 Å². The van der Waals surface area contributed by atoms with Gasteiger partial charge < -0.3 is 10.1 Å². The van der Waals surface area contributed by atoms with Gasteiger partial charge in [0.25, 0.3) is 5.91 Å². The number of esters is 1. The SMILES string of the molecule is COC(=O)C(Br)CNC(=O)c1ccc2ccccc2n1. The van der Waals surface area contributed by atoms with Crippen molar-refractivity contribution in [3.8, 4) is 0 Å². The van der Waals surface area contributed by atoms with Crippen molar-refractivity contribution in [1.82, 2.24) is 10.3 Å². The number of fused-ring (bicyclic) bond motifs is 1. The topological polar surface area (TPSA) is 68.3 Å². The number of rotatable bonds is 4. The highest BCUT2D eigenvalue weighted by molar-refractivity contribution is 9.10. The van der Waals surface area contributed by atoms with E-state index in [0.29, 0.717) is 5.69 Å². The monoisotopic (exact) mass is 336 g/mol. The second kappa shape index (κ2) is 6.47. The number of alkyl halides is 1. The molecular formula is C14H13BrN2O3. The Balaban J connectivity index is 2.06. The van der Waals surface area contributed by atoms with Crippen molar-refractivity contribution in [2.45, 2.75) is 4.83 Å². The molecule has 20 heavy (non-hydrogen) atoms. The minimum Gasteiger partial charge on any atom is -0.468 e. The lowest BCUT2D eigenvalue weighted by atomic mass is 10.2. The molecule has 0 bridgehead atoms. The number of hydrogen-bond donors (Lipinski definition) is 1. The van der Waals surface area contributed by atoms with Crippen LogP contribution in [0.15, 0.2) is 36.4 Å². The maximum Gasteiger partial charge on any atom is 0.321 e. The van der Waals surface area contributed by atoms with Crippen LogP contribution in [0.3, 0.4) is 0 Å². The molecular weight excluding hydrogens is 324 g/mol. The molecule has 1 heterocycles. The van der Waals surface area contributed by atoms with E-state index in [1.807, 2.05) is 30.3 Å². The minimum absolute atomic E-state index is 0.139. The predicted octanol–water partition coefficient (Wildman–Crippen LogP) is 1.90. The van der Waals surface area contributed by atoms with Crippen molar-refractivity contribution in [2.75, 3.05) is 13.7 Å². The lowest BCUT2D eigenvalue weighted by Gasteiger charge is -2.09. The highest BCUT2D eigenvalue weighted by Crippen LogP contribution is 2.11. The summed E-state index contributed by atoms with van der Waals surface area (Å²) in [5.41, 5.74) is 1.07. The third kappa shape index (κ3) is 3.33. The summed E-state index contributed by atoms with van der Waals surface area (Å²) in [6.07, 6.45) is 0. The molecule has 0 fully saturated rings. The van der Waals surface area contributed by atoms with E-state index < -0.39 is 10.8 Å². The Kier molecular flexibility index (Phi) is 4.68. The molecule has 2 aromatic rings. The fraction of sp³-hybridized carbons (Fsp3) is 0.214. The zero-order valence-electron chi connectivity index (χ0n) is 10.8. The second-order valence-electron chi connectivity index (χ2n) is 4.09. The number of hydrogen-bond acceptors (Lipinski definition) is 4. The summed E-state index contributed by atoms with van der Waals surface area (Å²) >= 11 is 3.13. The number of nitrogens with zero attached hydrogens (tertiary/aromatic N) is 1. The molecule has 1 amide bonds. The van der Waals surface area contributed by atoms with Gasteiger partial charge in [0.2, 0.25) is 0 Å². The van der Waals surface area contributed by atoms with E-state index in [1.165, 1.54) is 7.11 Å². The molecule has 5 nitrogen and oxygen atoms in total. The second-order valence-corrected chi connectivity index (χ2v) is 5.20. The number of amides is 1. The lowest BCUT2D eigenvalue weighted by molar-refractivity contribution is -0.139. The summed E-state index contributed by atoms with van der Waals surface area (Å²) in [7, 11) is 1.29. The van der Waals surface area contributed by atoms with Gasteiger partial charge >= 0.3 is 5.97 Å². The van der Waals surface area contributed by atoms with Gasteiger partial charge in [0.05, 0.1) is 12.6 Å². The number of ether oxygens (including phenoxy) is 1. The van der Waals surface area contributed by atoms with Gasteiger partial charge in [-0.05, 0) is 12.1 Å². The number of methoxy groups -OCH3 is 1. The normalized spacial score (nSPS) is 11.9. The smallest absolute Gasteiger partial charge is 0.321 e. The standard InChI is InChI=1S/C14H13BrN2O3/c1-20-14(19)10(15)8-16-13(18)12-7-6-9-4-2-3-5-11(9)17-12/h2-7,10H,8H2,1H3,(H,16,18). The number of benzene rings is 1. The average Bonchev–Trinajstić information content (AvgIpc) is 2.50. The lowest BCUT2D eigenvalue weighted by Crippen LogP contribution is -2.34.